The van der Waals surface area contributed by atoms with Crippen molar-refractivity contribution in [1.29, 1.82) is 0 Å². The maximum absolute atomic E-state index is 10.8. The summed E-state index contributed by atoms with van der Waals surface area (Å²) < 4.78 is 25.9. The molecule has 1 atom stereocenters. The molecule has 0 saturated carbocycles. The van der Waals surface area contributed by atoms with Crippen LogP contribution in [0.4, 0.5) is 0 Å². The number of aliphatic hydroxyl groups is 1. The second-order valence-electron chi connectivity index (χ2n) is 1.94. The summed E-state index contributed by atoms with van der Waals surface area (Å²) in [4.78, 5) is 0. The van der Waals surface area contributed by atoms with E-state index in [1.165, 1.54) is 0 Å². The van der Waals surface area contributed by atoms with Gasteiger partial charge in [0.1, 0.15) is 5.75 Å². The Morgan fingerprint density at radius 1 is 1.58 bits per heavy atom. The van der Waals surface area contributed by atoms with Crippen LogP contribution < -0.4 is 0 Å². The van der Waals surface area contributed by atoms with Gasteiger partial charge >= 0.3 is 29.6 Å². The zero-order valence-corrected chi connectivity index (χ0v) is 7.73. The van der Waals surface area contributed by atoms with Crippen molar-refractivity contribution in [2.45, 2.75) is 13.0 Å². The normalized spacial score (nSPS) is 13.6. The van der Waals surface area contributed by atoms with Gasteiger partial charge in [0, 0.05) is 5.88 Å². The number of alkyl halides is 1. The van der Waals surface area contributed by atoms with E-state index in [-0.39, 0.29) is 42.0 Å². The molecule has 0 radical (unpaired) electrons. The van der Waals surface area contributed by atoms with E-state index >= 15 is 0 Å². The second kappa shape index (κ2) is 7.55. The molecule has 7 heteroatoms. The van der Waals surface area contributed by atoms with Crippen LogP contribution in [0.5, 0.6) is 0 Å². The summed E-state index contributed by atoms with van der Waals surface area (Å²) in [6.45, 7) is 1.64. The van der Waals surface area contributed by atoms with E-state index in [0.29, 0.717) is 0 Å². The molecule has 0 saturated heterocycles. The number of hydrogen-bond donors (Lipinski definition) is 1. The monoisotopic (exact) mass is 226 g/mol. The zero-order chi connectivity index (χ0) is 8.91. The number of rotatable bonds is 5. The first-order valence-electron chi connectivity index (χ1n) is 3.13. The fourth-order valence-corrected chi connectivity index (χ4v) is 1.79. The molecule has 0 aliphatic rings. The molecule has 0 spiro atoms. The van der Waals surface area contributed by atoms with Crippen molar-refractivity contribution in [3.05, 3.63) is 0 Å². The van der Waals surface area contributed by atoms with Crippen molar-refractivity contribution in [2.24, 2.45) is 0 Å². The molecule has 0 aliphatic carbocycles. The average Bonchev–Trinajstić information content (AvgIpc) is 1.86. The Labute approximate surface area is 99.7 Å². The van der Waals surface area contributed by atoms with Gasteiger partial charge < -0.3 is 5.11 Å². The average molecular weight is 227 g/mol. The minimum atomic E-state index is -3.58. The Morgan fingerprint density at radius 2 is 2.08 bits per heavy atom. The third kappa shape index (κ3) is 7.79. The topological polar surface area (TPSA) is 63.6 Å². The first kappa shape index (κ1) is 15.6. The summed E-state index contributed by atoms with van der Waals surface area (Å²) in [5.41, 5.74) is 0. The summed E-state index contributed by atoms with van der Waals surface area (Å²) in [6.07, 6.45) is -1.05. The van der Waals surface area contributed by atoms with Crippen LogP contribution in [0.3, 0.4) is 0 Å². The Hall–Kier alpha value is 1.16. The van der Waals surface area contributed by atoms with Gasteiger partial charge in [-0.05, 0) is 6.92 Å². The van der Waals surface area contributed by atoms with Crippen LogP contribution in [0.1, 0.15) is 6.92 Å². The van der Waals surface area contributed by atoms with E-state index < -0.39 is 22.0 Å². The fraction of sp³-hybridized carbons (Fsp3) is 1.00. The van der Waals surface area contributed by atoms with Gasteiger partial charge in [-0.1, -0.05) is 0 Å². The Bertz CT molecular complexity index is 194. The maximum atomic E-state index is 10.8. The molecule has 0 aromatic heterocycles. The SMILES string of the molecule is CCOS(=O)(=O)CC(O)CCl.[NaH]. The quantitative estimate of drug-likeness (QED) is 0.383. The Morgan fingerprint density at radius 3 is 2.42 bits per heavy atom. The molecule has 0 rings (SSSR count). The van der Waals surface area contributed by atoms with E-state index in [0.717, 1.165) is 0 Å². The van der Waals surface area contributed by atoms with Gasteiger partial charge in [0.15, 0.2) is 0 Å². The zero-order valence-electron chi connectivity index (χ0n) is 6.16. The van der Waals surface area contributed by atoms with Crippen LogP contribution >= 0.6 is 11.6 Å². The molecular weight excluding hydrogens is 215 g/mol. The first-order valence-corrected chi connectivity index (χ1v) is 5.24. The van der Waals surface area contributed by atoms with Crippen LogP contribution in [-0.2, 0) is 14.3 Å². The summed E-state index contributed by atoms with van der Waals surface area (Å²) >= 11 is 5.19. The van der Waals surface area contributed by atoms with Crippen LogP contribution in [0.2, 0.25) is 0 Å². The van der Waals surface area contributed by atoms with E-state index in [9.17, 15) is 8.42 Å². The van der Waals surface area contributed by atoms with E-state index in [4.69, 9.17) is 16.7 Å². The van der Waals surface area contributed by atoms with Crippen molar-refractivity contribution >= 4 is 51.3 Å². The van der Waals surface area contributed by atoms with Crippen molar-refractivity contribution in [3.8, 4) is 0 Å². The van der Waals surface area contributed by atoms with Gasteiger partial charge in [0.2, 0.25) is 0 Å². The van der Waals surface area contributed by atoms with Crippen LogP contribution in [0.25, 0.3) is 0 Å². The van der Waals surface area contributed by atoms with Gasteiger partial charge in [0.05, 0.1) is 12.7 Å². The van der Waals surface area contributed by atoms with Crippen molar-refractivity contribution in [1.82, 2.24) is 0 Å². The summed E-state index contributed by atoms with van der Waals surface area (Å²) in [5.74, 6) is -0.545. The van der Waals surface area contributed by atoms with Crippen LogP contribution in [0.15, 0.2) is 0 Å². The molecule has 0 aromatic carbocycles. The van der Waals surface area contributed by atoms with Gasteiger partial charge in [-0.25, -0.2) is 0 Å². The molecule has 4 nitrogen and oxygen atoms in total. The van der Waals surface area contributed by atoms with E-state index in [1.807, 2.05) is 0 Å². The number of halogens is 1. The first-order chi connectivity index (χ1) is 5.02. The summed E-state index contributed by atoms with van der Waals surface area (Å²) in [7, 11) is -3.58. The third-order valence-corrected chi connectivity index (χ3v) is 2.62. The molecule has 1 unspecified atom stereocenters. The van der Waals surface area contributed by atoms with Crippen LogP contribution in [-0.4, -0.2) is 67.4 Å². The van der Waals surface area contributed by atoms with E-state index in [2.05, 4.69) is 4.18 Å². The predicted octanol–water partition coefficient (Wildman–Crippen LogP) is -0.696. The fourth-order valence-electron chi connectivity index (χ4n) is 0.508. The minimum absolute atomic E-state index is 0. The second-order valence-corrected chi connectivity index (χ2v) is 3.93. The molecule has 0 amide bonds. The van der Waals surface area contributed by atoms with Crippen molar-refractivity contribution < 1.29 is 17.7 Å². The van der Waals surface area contributed by atoms with Gasteiger partial charge in [-0.15, -0.1) is 11.6 Å². The Kier molecular flexibility index (Phi) is 9.83. The number of hydrogen-bond acceptors (Lipinski definition) is 4. The Balaban J connectivity index is 0. The molecule has 1 N–H and O–H groups in total. The predicted molar refractivity (Wildman–Crippen MR) is 49.3 cm³/mol. The summed E-state index contributed by atoms with van der Waals surface area (Å²) in [5, 5.41) is 8.83. The van der Waals surface area contributed by atoms with Crippen molar-refractivity contribution in [3.63, 3.8) is 0 Å². The molecule has 0 fully saturated rings. The molecular formula is C5H12ClNaO4S. The third-order valence-electron chi connectivity index (χ3n) is 0.872. The van der Waals surface area contributed by atoms with Gasteiger partial charge in [-0.2, -0.15) is 8.42 Å². The molecule has 0 heterocycles. The van der Waals surface area contributed by atoms with Crippen LogP contribution in [0, 0.1) is 0 Å². The van der Waals surface area contributed by atoms with Gasteiger partial charge in [0.25, 0.3) is 10.1 Å². The standard InChI is InChI=1S/C5H11ClO4S.Na.H/c1-2-10-11(8,9)4-5(7)3-6;;/h5,7H,2-4H2,1H3;;. The number of aliphatic hydroxyl groups excluding tert-OH is 1. The molecule has 0 aromatic rings. The van der Waals surface area contributed by atoms with E-state index in [1.54, 1.807) is 6.92 Å². The molecule has 12 heavy (non-hydrogen) atoms. The van der Waals surface area contributed by atoms with Crippen molar-refractivity contribution in [2.75, 3.05) is 18.2 Å². The van der Waals surface area contributed by atoms with Gasteiger partial charge in [-0.3, -0.25) is 4.18 Å². The summed E-state index contributed by atoms with van der Waals surface area (Å²) in [6, 6.07) is 0. The molecule has 70 valence electrons. The molecule has 0 aliphatic heterocycles. The molecule has 0 bridgehead atoms.